The van der Waals surface area contributed by atoms with Crippen molar-refractivity contribution in [3.63, 3.8) is 0 Å². The molecule has 0 spiro atoms. The molecule has 1 fully saturated rings. The van der Waals surface area contributed by atoms with Crippen LogP contribution in [0.3, 0.4) is 0 Å². The standard InChI is InChI=1S/C16H20N2O3S/c1-12-9-18(10-13(2)22(12,19)20)11-15-8-16(21-17-15)14-6-4-3-5-7-14/h3-8,12-13H,9-11H2,1-2H3. The molecule has 2 aromatic rings. The van der Waals surface area contributed by atoms with Gasteiger partial charge in [0, 0.05) is 31.3 Å². The first-order valence-corrected chi connectivity index (χ1v) is 9.04. The Bertz CT molecular complexity index is 722. The van der Waals surface area contributed by atoms with Gasteiger partial charge in [-0.05, 0) is 13.8 Å². The molecule has 1 aliphatic heterocycles. The molecule has 0 aliphatic carbocycles. The van der Waals surface area contributed by atoms with E-state index >= 15 is 0 Å². The van der Waals surface area contributed by atoms with Crippen LogP contribution >= 0.6 is 0 Å². The molecule has 0 N–H and O–H groups in total. The Labute approximate surface area is 130 Å². The SMILES string of the molecule is CC1CN(Cc2cc(-c3ccccc3)on2)CC(C)S1(=O)=O. The number of hydrogen-bond acceptors (Lipinski definition) is 5. The van der Waals surface area contributed by atoms with Crippen LogP contribution in [0.15, 0.2) is 40.9 Å². The van der Waals surface area contributed by atoms with Gasteiger partial charge in [-0.1, -0.05) is 35.5 Å². The predicted octanol–water partition coefficient (Wildman–Crippen LogP) is 2.35. The Morgan fingerprint density at radius 3 is 2.45 bits per heavy atom. The minimum Gasteiger partial charge on any atom is -0.356 e. The van der Waals surface area contributed by atoms with Gasteiger partial charge in [0.2, 0.25) is 0 Å². The van der Waals surface area contributed by atoms with Crippen LogP contribution in [0.25, 0.3) is 11.3 Å². The highest BCUT2D eigenvalue weighted by atomic mass is 32.2. The largest absolute Gasteiger partial charge is 0.356 e. The van der Waals surface area contributed by atoms with Gasteiger partial charge in [-0.2, -0.15) is 0 Å². The normalized spacial score (nSPS) is 25.2. The minimum atomic E-state index is -2.99. The Hall–Kier alpha value is -1.66. The van der Waals surface area contributed by atoms with Gasteiger partial charge in [-0.15, -0.1) is 0 Å². The van der Waals surface area contributed by atoms with Gasteiger partial charge < -0.3 is 4.52 Å². The summed E-state index contributed by atoms with van der Waals surface area (Å²) in [4.78, 5) is 2.13. The summed E-state index contributed by atoms with van der Waals surface area (Å²) in [6.45, 7) is 5.24. The van der Waals surface area contributed by atoms with E-state index in [1.165, 1.54) is 0 Å². The number of benzene rings is 1. The molecule has 118 valence electrons. The number of sulfone groups is 1. The van der Waals surface area contributed by atoms with Gasteiger partial charge in [0.15, 0.2) is 15.6 Å². The van der Waals surface area contributed by atoms with Crippen molar-refractivity contribution in [2.24, 2.45) is 0 Å². The van der Waals surface area contributed by atoms with Crippen molar-refractivity contribution >= 4 is 9.84 Å². The smallest absolute Gasteiger partial charge is 0.167 e. The first-order valence-electron chi connectivity index (χ1n) is 7.43. The zero-order chi connectivity index (χ0) is 15.7. The van der Waals surface area contributed by atoms with E-state index in [2.05, 4.69) is 10.1 Å². The molecule has 1 aromatic carbocycles. The van der Waals surface area contributed by atoms with E-state index in [-0.39, 0.29) is 10.5 Å². The molecule has 6 heteroatoms. The topological polar surface area (TPSA) is 63.4 Å². The number of nitrogens with zero attached hydrogens (tertiary/aromatic N) is 2. The molecule has 5 nitrogen and oxygen atoms in total. The highest BCUT2D eigenvalue weighted by Crippen LogP contribution is 2.23. The third-order valence-electron chi connectivity index (χ3n) is 4.16. The van der Waals surface area contributed by atoms with E-state index in [9.17, 15) is 8.42 Å². The van der Waals surface area contributed by atoms with Crippen molar-refractivity contribution in [3.05, 3.63) is 42.1 Å². The van der Waals surface area contributed by atoms with E-state index in [4.69, 9.17) is 4.52 Å². The zero-order valence-electron chi connectivity index (χ0n) is 12.8. The lowest BCUT2D eigenvalue weighted by Crippen LogP contribution is -2.49. The molecule has 3 rings (SSSR count). The summed E-state index contributed by atoms with van der Waals surface area (Å²) in [5, 5.41) is 3.43. The molecule has 0 bridgehead atoms. The molecule has 22 heavy (non-hydrogen) atoms. The summed E-state index contributed by atoms with van der Waals surface area (Å²) in [5.41, 5.74) is 1.82. The second-order valence-corrected chi connectivity index (χ2v) is 8.74. The number of hydrogen-bond donors (Lipinski definition) is 0. The van der Waals surface area contributed by atoms with Gasteiger partial charge in [0.25, 0.3) is 0 Å². The van der Waals surface area contributed by atoms with E-state index in [1.807, 2.05) is 36.4 Å². The summed E-state index contributed by atoms with van der Waals surface area (Å²) >= 11 is 0. The van der Waals surface area contributed by atoms with E-state index in [1.54, 1.807) is 13.8 Å². The summed E-state index contributed by atoms with van der Waals surface area (Å²) in [6, 6.07) is 11.7. The van der Waals surface area contributed by atoms with Crippen molar-refractivity contribution in [2.45, 2.75) is 30.9 Å². The molecule has 1 saturated heterocycles. The van der Waals surface area contributed by atoms with Crippen LogP contribution in [0.4, 0.5) is 0 Å². The molecular formula is C16H20N2O3S. The van der Waals surface area contributed by atoms with Gasteiger partial charge in [0.1, 0.15) is 0 Å². The van der Waals surface area contributed by atoms with Gasteiger partial charge in [-0.25, -0.2) is 8.42 Å². The third-order valence-corrected chi connectivity index (χ3v) is 6.70. The maximum Gasteiger partial charge on any atom is 0.167 e. The molecule has 0 saturated carbocycles. The first-order chi connectivity index (χ1) is 10.5. The Balaban J connectivity index is 1.71. The summed E-state index contributed by atoms with van der Waals surface area (Å²) in [7, 11) is -2.99. The summed E-state index contributed by atoms with van der Waals surface area (Å²) in [5.74, 6) is 0.737. The van der Waals surface area contributed by atoms with Crippen LogP contribution in [0, 0.1) is 0 Å². The average molecular weight is 320 g/mol. The fraction of sp³-hybridized carbons (Fsp3) is 0.438. The highest BCUT2D eigenvalue weighted by molar-refractivity contribution is 7.92. The van der Waals surface area contributed by atoms with E-state index < -0.39 is 9.84 Å². The Morgan fingerprint density at radius 2 is 1.82 bits per heavy atom. The van der Waals surface area contributed by atoms with Gasteiger partial charge >= 0.3 is 0 Å². The predicted molar refractivity (Wildman–Crippen MR) is 85.1 cm³/mol. The molecule has 1 aromatic heterocycles. The minimum absolute atomic E-state index is 0.336. The van der Waals surface area contributed by atoms with Crippen LogP contribution < -0.4 is 0 Å². The van der Waals surface area contributed by atoms with Gasteiger partial charge in [0.05, 0.1) is 16.2 Å². The third kappa shape index (κ3) is 2.94. The van der Waals surface area contributed by atoms with Crippen molar-refractivity contribution in [1.82, 2.24) is 10.1 Å². The lowest BCUT2D eigenvalue weighted by Gasteiger charge is -2.34. The number of rotatable bonds is 3. The lowest BCUT2D eigenvalue weighted by molar-refractivity contribution is 0.245. The van der Waals surface area contributed by atoms with Crippen LogP contribution in [0.2, 0.25) is 0 Å². The number of aromatic nitrogens is 1. The average Bonchev–Trinajstić information content (AvgIpc) is 2.95. The Kier molecular flexibility index (Phi) is 4.06. The zero-order valence-corrected chi connectivity index (χ0v) is 13.6. The van der Waals surface area contributed by atoms with Crippen LogP contribution in [-0.2, 0) is 16.4 Å². The summed E-state index contributed by atoms with van der Waals surface area (Å²) < 4.78 is 29.5. The molecule has 0 radical (unpaired) electrons. The van der Waals surface area contributed by atoms with Crippen molar-refractivity contribution < 1.29 is 12.9 Å². The molecule has 1 aliphatic rings. The maximum absolute atomic E-state index is 12.0. The molecular weight excluding hydrogens is 300 g/mol. The first kappa shape index (κ1) is 15.2. The van der Waals surface area contributed by atoms with Crippen molar-refractivity contribution in [3.8, 4) is 11.3 Å². The van der Waals surface area contributed by atoms with Crippen LogP contribution in [0.5, 0.6) is 0 Å². The van der Waals surface area contributed by atoms with Crippen LogP contribution in [-0.4, -0.2) is 42.1 Å². The maximum atomic E-state index is 12.0. The van der Waals surface area contributed by atoms with Gasteiger partial charge in [-0.3, -0.25) is 4.90 Å². The Morgan fingerprint density at radius 1 is 1.18 bits per heavy atom. The molecule has 2 atom stereocenters. The van der Waals surface area contributed by atoms with Crippen molar-refractivity contribution in [2.75, 3.05) is 13.1 Å². The molecule has 2 unspecified atom stereocenters. The highest BCUT2D eigenvalue weighted by Gasteiger charge is 2.35. The molecule has 0 amide bonds. The van der Waals surface area contributed by atoms with E-state index in [0.717, 1.165) is 17.0 Å². The summed E-state index contributed by atoms with van der Waals surface area (Å²) in [6.07, 6.45) is 0. The fourth-order valence-corrected chi connectivity index (χ4v) is 4.52. The van der Waals surface area contributed by atoms with Crippen molar-refractivity contribution in [1.29, 1.82) is 0 Å². The van der Waals surface area contributed by atoms with Crippen LogP contribution in [0.1, 0.15) is 19.5 Å². The quantitative estimate of drug-likeness (QED) is 0.868. The second-order valence-electron chi connectivity index (χ2n) is 5.95. The fourth-order valence-electron chi connectivity index (χ4n) is 2.89. The monoisotopic (exact) mass is 320 g/mol. The molecule has 2 heterocycles. The second kappa shape index (κ2) is 5.85. The lowest BCUT2D eigenvalue weighted by atomic mass is 10.1. The van der Waals surface area contributed by atoms with E-state index in [0.29, 0.717) is 19.6 Å².